The molecule has 1 aromatic rings. The maximum absolute atomic E-state index is 4.52. The molecular formula is C12H20N4. The summed E-state index contributed by atoms with van der Waals surface area (Å²) in [7, 11) is 0. The van der Waals surface area contributed by atoms with Gasteiger partial charge in [0.15, 0.2) is 0 Å². The van der Waals surface area contributed by atoms with Gasteiger partial charge >= 0.3 is 0 Å². The van der Waals surface area contributed by atoms with Crippen LogP contribution in [0.4, 0.5) is 11.6 Å². The minimum Gasteiger partial charge on any atom is -0.370 e. The van der Waals surface area contributed by atoms with E-state index in [4.69, 9.17) is 0 Å². The molecule has 2 rings (SSSR count). The fraction of sp³-hybridized carbons (Fsp3) is 0.667. The van der Waals surface area contributed by atoms with Gasteiger partial charge in [0.25, 0.3) is 0 Å². The van der Waals surface area contributed by atoms with Gasteiger partial charge in [-0.1, -0.05) is 6.92 Å². The number of aromatic nitrogens is 2. The fourth-order valence-corrected chi connectivity index (χ4v) is 1.61. The zero-order chi connectivity index (χ0) is 11.4. The molecule has 0 spiro atoms. The van der Waals surface area contributed by atoms with E-state index in [1.165, 1.54) is 12.8 Å². The lowest BCUT2D eigenvalue weighted by Gasteiger charge is -2.09. The predicted octanol–water partition coefficient (Wildman–Crippen LogP) is 2.44. The third kappa shape index (κ3) is 3.08. The van der Waals surface area contributed by atoms with Crippen molar-refractivity contribution in [1.82, 2.24) is 9.97 Å². The van der Waals surface area contributed by atoms with Crippen LogP contribution in [0.2, 0.25) is 0 Å². The Morgan fingerprint density at radius 3 is 2.62 bits per heavy atom. The zero-order valence-electron chi connectivity index (χ0n) is 10.1. The summed E-state index contributed by atoms with van der Waals surface area (Å²) in [4.78, 5) is 9.00. The molecule has 1 saturated carbocycles. The average Bonchev–Trinajstić information content (AvgIpc) is 3.02. The third-order valence-electron chi connectivity index (χ3n) is 2.53. The molecule has 16 heavy (non-hydrogen) atoms. The number of anilines is 2. The SMILES string of the molecule is CCCc1nc(NCC)cc(NC2CC2)n1. The first-order chi connectivity index (χ1) is 7.81. The lowest BCUT2D eigenvalue weighted by molar-refractivity contribution is 0.833. The highest BCUT2D eigenvalue weighted by Gasteiger charge is 2.21. The van der Waals surface area contributed by atoms with Crippen molar-refractivity contribution in [2.45, 2.75) is 45.6 Å². The van der Waals surface area contributed by atoms with Crippen LogP contribution in [0.25, 0.3) is 0 Å². The minimum atomic E-state index is 0.638. The summed E-state index contributed by atoms with van der Waals surface area (Å²) in [5.74, 6) is 2.84. The van der Waals surface area contributed by atoms with Crippen LogP contribution in [-0.4, -0.2) is 22.6 Å². The average molecular weight is 220 g/mol. The van der Waals surface area contributed by atoms with Crippen LogP contribution in [0.15, 0.2) is 6.07 Å². The van der Waals surface area contributed by atoms with Crippen molar-refractivity contribution in [3.63, 3.8) is 0 Å². The lowest BCUT2D eigenvalue weighted by atomic mass is 10.3. The highest BCUT2D eigenvalue weighted by atomic mass is 15.1. The van der Waals surface area contributed by atoms with Gasteiger partial charge in [-0.2, -0.15) is 0 Å². The van der Waals surface area contributed by atoms with Gasteiger partial charge < -0.3 is 10.6 Å². The summed E-state index contributed by atoms with van der Waals surface area (Å²) in [5.41, 5.74) is 0. The Hall–Kier alpha value is -1.32. The molecule has 1 heterocycles. The maximum Gasteiger partial charge on any atom is 0.133 e. The van der Waals surface area contributed by atoms with Crippen LogP contribution in [0.5, 0.6) is 0 Å². The number of hydrogen-bond donors (Lipinski definition) is 2. The number of hydrogen-bond acceptors (Lipinski definition) is 4. The highest BCUT2D eigenvalue weighted by molar-refractivity contribution is 5.48. The van der Waals surface area contributed by atoms with E-state index in [-0.39, 0.29) is 0 Å². The highest BCUT2D eigenvalue weighted by Crippen LogP contribution is 2.24. The Bertz CT molecular complexity index is 323. The molecule has 1 aliphatic rings. The Morgan fingerprint density at radius 2 is 2.00 bits per heavy atom. The standard InChI is InChI=1S/C12H20N4/c1-3-5-10-15-11(13-4-2)8-12(16-10)14-9-6-7-9/h8-9H,3-7H2,1-2H3,(H2,13,14,15,16). The monoisotopic (exact) mass is 220 g/mol. The first kappa shape index (κ1) is 11.2. The van der Waals surface area contributed by atoms with Crippen LogP contribution >= 0.6 is 0 Å². The first-order valence-electron chi connectivity index (χ1n) is 6.20. The van der Waals surface area contributed by atoms with Crippen molar-refractivity contribution in [3.05, 3.63) is 11.9 Å². The van der Waals surface area contributed by atoms with Gasteiger partial charge in [0, 0.05) is 25.1 Å². The molecule has 0 saturated heterocycles. The summed E-state index contributed by atoms with van der Waals surface area (Å²) in [5, 5.41) is 6.67. The van der Waals surface area contributed by atoms with Crippen molar-refractivity contribution >= 4 is 11.6 Å². The Labute approximate surface area is 96.9 Å². The molecule has 0 aromatic carbocycles. The lowest BCUT2D eigenvalue weighted by Crippen LogP contribution is -2.09. The van der Waals surface area contributed by atoms with E-state index in [0.717, 1.165) is 36.8 Å². The summed E-state index contributed by atoms with van der Waals surface area (Å²) < 4.78 is 0. The topological polar surface area (TPSA) is 49.8 Å². The van der Waals surface area contributed by atoms with Crippen LogP contribution in [-0.2, 0) is 6.42 Å². The van der Waals surface area contributed by atoms with Gasteiger partial charge in [-0.25, -0.2) is 9.97 Å². The van der Waals surface area contributed by atoms with E-state index in [9.17, 15) is 0 Å². The molecule has 0 radical (unpaired) electrons. The predicted molar refractivity (Wildman–Crippen MR) is 66.8 cm³/mol. The van der Waals surface area contributed by atoms with Gasteiger partial charge in [0.1, 0.15) is 17.5 Å². The summed E-state index contributed by atoms with van der Waals surface area (Å²) in [6.07, 6.45) is 4.56. The molecule has 1 aromatic heterocycles. The van der Waals surface area contributed by atoms with Crippen molar-refractivity contribution in [2.75, 3.05) is 17.2 Å². The van der Waals surface area contributed by atoms with E-state index in [1.54, 1.807) is 0 Å². The molecule has 0 unspecified atom stereocenters. The molecule has 1 fully saturated rings. The quantitative estimate of drug-likeness (QED) is 0.773. The second-order valence-corrected chi connectivity index (χ2v) is 4.25. The van der Waals surface area contributed by atoms with E-state index < -0.39 is 0 Å². The van der Waals surface area contributed by atoms with Gasteiger partial charge in [-0.3, -0.25) is 0 Å². The van der Waals surface area contributed by atoms with Crippen LogP contribution in [0.1, 0.15) is 38.9 Å². The van der Waals surface area contributed by atoms with E-state index in [1.807, 2.05) is 6.07 Å². The number of rotatable bonds is 6. The number of nitrogens with zero attached hydrogens (tertiary/aromatic N) is 2. The Morgan fingerprint density at radius 1 is 1.25 bits per heavy atom. The maximum atomic E-state index is 4.52. The second-order valence-electron chi connectivity index (χ2n) is 4.25. The third-order valence-corrected chi connectivity index (χ3v) is 2.53. The molecule has 0 amide bonds. The van der Waals surface area contributed by atoms with Crippen LogP contribution in [0, 0.1) is 0 Å². The number of aryl methyl sites for hydroxylation is 1. The molecule has 0 bridgehead atoms. The smallest absolute Gasteiger partial charge is 0.133 e. The van der Waals surface area contributed by atoms with E-state index in [2.05, 4.69) is 34.4 Å². The molecule has 1 aliphatic carbocycles. The second kappa shape index (κ2) is 5.14. The minimum absolute atomic E-state index is 0.638. The summed E-state index contributed by atoms with van der Waals surface area (Å²) in [6.45, 7) is 5.12. The Kier molecular flexibility index (Phi) is 3.59. The molecule has 88 valence electrons. The molecule has 2 N–H and O–H groups in total. The summed E-state index contributed by atoms with van der Waals surface area (Å²) in [6, 6.07) is 2.64. The van der Waals surface area contributed by atoms with Gasteiger partial charge in [0.2, 0.25) is 0 Å². The molecule has 0 aliphatic heterocycles. The zero-order valence-corrected chi connectivity index (χ0v) is 10.1. The molecule has 4 heteroatoms. The van der Waals surface area contributed by atoms with Gasteiger partial charge in [0.05, 0.1) is 0 Å². The number of nitrogens with one attached hydrogen (secondary N) is 2. The summed E-state index contributed by atoms with van der Waals surface area (Å²) >= 11 is 0. The van der Waals surface area contributed by atoms with Crippen molar-refractivity contribution < 1.29 is 0 Å². The fourth-order valence-electron chi connectivity index (χ4n) is 1.61. The van der Waals surface area contributed by atoms with Crippen molar-refractivity contribution in [3.8, 4) is 0 Å². The van der Waals surface area contributed by atoms with Gasteiger partial charge in [-0.05, 0) is 26.2 Å². The Balaban J connectivity index is 2.13. The van der Waals surface area contributed by atoms with E-state index in [0.29, 0.717) is 6.04 Å². The van der Waals surface area contributed by atoms with Crippen molar-refractivity contribution in [1.29, 1.82) is 0 Å². The van der Waals surface area contributed by atoms with Gasteiger partial charge in [-0.15, -0.1) is 0 Å². The molecule has 4 nitrogen and oxygen atoms in total. The van der Waals surface area contributed by atoms with E-state index >= 15 is 0 Å². The first-order valence-corrected chi connectivity index (χ1v) is 6.20. The van der Waals surface area contributed by atoms with Crippen LogP contribution < -0.4 is 10.6 Å². The van der Waals surface area contributed by atoms with Crippen LogP contribution in [0.3, 0.4) is 0 Å². The normalized spacial score (nSPS) is 14.9. The molecule has 0 atom stereocenters. The van der Waals surface area contributed by atoms with Crippen molar-refractivity contribution in [2.24, 2.45) is 0 Å². The molecular weight excluding hydrogens is 200 g/mol. The largest absolute Gasteiger partial charge is 0.370 e.